The topological polar surface area (TPSA) is 68.3 Å². The van der Waals surface area contributed by atoms with E-state index in [1.54, 1.807) is 36.3 Å². The number of hydrogen-bond donors (Lipinski definition) is 0. The molecule has 4 rings (SSSR count). The van der Waals surface area contributed by atoms with Gasteiger partial charge in [-0.3, -0.25) is 4.79 Å². The first-order valence-electron chi connectivity index (χ1n) is 11.2. The van der Waals surface area contributed by atoms with E-state index in [9.17, 15) is 9.59 Å². The fraction of sp³-hybridized carbons (Fsp3) is 0.259. The molecule has 0 N–H and O–H groups in total. The van der Waals surface area contributed by atoms with Crippen LogP contribution in [-0.4, -0.2) is 56.7 Å². The minimum absolute atomic E-state index is 0.203. The summed E-state index contributed by atoms with van der Waals surface area (Å²) in [5, 5.41) is 0. The van der Waals surface area contributed by atoms with Gasteiger partial charge >= 0.3 is 5.97 Å². The maximum absolute atomic E-state index is 12.7. The van der Waals surface area contributed by atoms with E-state index in [-0.39, 0.29) is 12.5 Å². The average Bonchev–Trinajstić information content (AvgIpc) is 2.91. The maximum Gasteiger partial charge on any atom is 0.342 e. The number of piperazine rings is 1. The lowest BCUT2D eigenvalue weighted by molar-refractivity contribution is -0.134. The number of carbonyl (C=O) groups excluding carboxylic acids is 2. The Hall–Kier alpha value is -4.00. The number of hydrogen-bond acceptors (Lipinski definition) is 6. The van der Waals surface area contributed by atoms with Crippen LogP contribution in [0.2, 0.25) is 0 Å². The van der Waals surface area contributed by atoms with Crippen LogP contribution < -0.4 is 14.4 Å². The number of benzene rings is 3. The van der Waals surface area contributed by atoms with E-state index in [1.165, 1.54) is 0 Å². The first-order chi connectivity index (χ1) is 16.6. The van der Waals surface area contributed by atoms with Crippen molar-refractivity contribution in [2.24, 2.45) is 0 Å². The zero-order chi connectivity index (χ0) is 23.8. The molecule has 1 heterocycles. The molecule has 7 nitrogen and oxygen atoms in total. The Morgan fingerprint density at radius 3 is 2.21 bits per heavy atom. The summed E-state index contributed by atoms with van der Waals surface area (Å²) >= 11 is 0. The number of anilines is 1. The number of carbonyl (C=O) groups is 2. The van der Waals surface area contributed by atoms with Crippen molar-refractivity contribution in [3.05, 3.63) is 90.0 Å². The molecular formula is C27H28N2O5. The zero-order valence-electron chi connectivity index (χ0n) is 19.2. The Balaban J connectivity index is 1.27. The predicted molar refractivity (Wildman–Crippen MR) is 129 cm³/mol. The molecule has 0 aromatic heterocycles. The van der Waals surface area contributed by atoms with E-state index in [2.05, 4.69) is 4.90 Å². The lowest BCUT2D eigenvalue weighted by Crippen LogP contribution is -2.49. The van der Waals surface area contributed by atoms with Gasteiger partial charge in [0.25, 0.3) is 5.91 Å². The predicted octanol–water partition coefficient (Wildman–Crippen LogP) is 3.78. The molecule has 0 atom stereocenters. The fourth-order valence-electron chi connectivity index (χ4n) is 3.80. The number of para-hydroxylation sites is 1. The summed E-state index contributed by atoms with van der Waals surface area (Å²) in [7, 11) is 1.64. The molecule has 1 amide bonds. The summed E-state index contributed by atoms with van der Waals surface area (Å²) in [6.45, 7) is 2.60. The van der Waals surface area contributed by atoms with Crippen molar-refractivity contribution < 1.29 is 23.8 Å². The van der Waals surface area contributed by atoms with Crippen LogP contribution in [0.4, 0.5) is 5.69 Å². The summed E-state index contributed by atoms with van der Waals surface area (Å²) in [5.74, 6) is 0.461. The third kappa shape index (κ3) is 5.86. The Kier molecular flexibility index (Phi) is 7.65. The van der Waals surface area contributed by atoms with E-state index in [1.807, 2.05) is 54.6 Å². The maximum atomic E-state index is 12.7. The highest BCUT2D eigenvalue weighted by atomic mass is 16.5. The number of amides is 1. The number of methoxy groups -OCH3 is 1. The van der Waals surface area contributed by atoms with Gasteiger partial charge < -0.3 is 24.0 Å². The monoisotopic (exact) mass is 460 g/mol. The molecule has 0 aliphatic carbocycles. The van der Waals surface area contributed by atoms with Crippen LogP contribution >= 0.6 is 0 Å². The number of nitrogens with zero attached hydrogens (tertiary/aromatic N) is 2. The number of ether oxygens (including phenoxy) is 3. The molecule has 1 aliphatic heterocycles. The van der Waals surface area contributed by atoms with Crippen molar-refractivity contribution in [1.29, 1.82) is 0 Å². The van der Waals surface area contributed by atoms with Crippen molar-refractivity contribution in [3.8, 4) is 11.5 Å². The van der Waals surface area contributed by atoms with Gasteiger partial charge in [0.05, 0.1) is 7.11 Å². The largest absolute Gasteiger partial charge is 0.497 e. The van der Waals surface area contributed by atoms with Crippen LogP contribution in [0.25, 0.3) is 0 Å². The van der Waals surface area contributed by atoms with Gasteiger partial charge in [-0.15, -0.1) is 0 Å². The van der Waals surface area contributed by atoms with E-state index in [4.69, 9.17) is 14.2 Å². The quantitative estimate of drug-likeness (QED) is 0.477. The summed E-state index contributed by atoms with van der Waals surface area (Å²) < 4.78 is 16.4. The van der Waals surface area contributed by atoms with E-state index in [0.717, 1.165) is 17.0 Å². The molecule has 1 saturated heterocycles. The standard InChI is InChI=1S/C27H28N2O5/c1-32-23-13-11-22(12-14-23)28-15-17-29(18-16-28)26(30)20-34-27(31)24-9-5-6-10-25(24)33-19-21-7-3-2-4-8-21/h2-14H,15-20H2,1H3. The van der Waals surface area contributed by atoms with Crippen LogP contribution in [0.1, 0.15) is 15.9 Å². The van der Waals surface area contributed by atoms with Crippen molar-refractivity contribution >= 4 is 17.6 Å². The molecule has 1 fully saturated rings. The molecule has 7 heteroatoms. The second kappa shape index (κ2) is 11.2. The fourth-order valence-corrected chi connectivity index (χ4v) is 3.80. The van der Waals surface area contributed by atoms with Crippen LogP contribution in [0.5, 0.6) is 11.5 Å². The lowest BCUT2D eigenvalue weighted by atomic mass is 10.2. The first-order valence-corrected chi connectivity index (χ1v) is 11.2. The summed E-state index contributed by atoms with van der Waals surface area (Å²) in [4.78, 5) is 29.2. The molecule has 0 unspecified atom stereocenters. The molecular weight excluding hydrogens is 432 g/mol. The van der Waals surface area contributed by atoms with Gasteiger partial charge in [0.1, 0.15) is 23.7 Å². The Morgan fingerprint density at radius 1 is 0.824 bits per heavy atom. The highest BCUT2D eigenvalue weighted by molar-refractivity contribution is 5.94. The highest BCUT2D eigenvalue weighted by Gasteiger charge is 2.23. The minimum Gasteiger partial charge on any atom is -0.497 e. The molecule has 3 aromatic rings. The van der Waals surface area contributed by atoms with Gasteiger partial charge in [0.15, 0.2) is 6.61 Å². The van der Waals surface area contributed by atoms with Crippen LogP contribution in [0, 0.1) is 0 Å². The smallest absolute Gasteiger partial charge is 0.342 e. The van der Waals surface area contributed by atoms with Crippen LogP contribution in [0.15, 0.2) is 78.9 Å². The second-order valence-corrected chi connectivity index (χ2v) is 7.91. The van der Waals surface area contributed by atoms with Crippen molar-refractivity contribution in [2.75, 3.05) is 44.8 Å². The highest BCUT2D eigenvalue weighted by Crippen LogP contribution is 2.22. The minimum atomic E-state index is -0.575. The van der Waals surface area contributed by atoms with Gasteiger partial charge in [0.2, 0.25) is 0 Å². The van der Waals surface area contributed by atoms with Crippen LogP contribution in [-0.2, 0) is 16.1 Å². The van der Waals surface area contributed by atoms with Gasteiger partial charge in [-0.25, -0.2) is 4.79 Å². The zero-order valence-corrected chi connectivity index (χ0v) is 19.2. The molecule has 3 aromatic carbocycles. The van der Waals surface area contributed by atoms with Crippen molar-refractivity contribution in [2.45, 2.75) is 6.61 Å². The van der Waals surface area contributed by atoms with Gasteiger partial charge in [0, 0.05) is 31.9 Å². The second-order valence-electron chi connectivity index (χ2n) is 7.91. The Morgan fingerprint density at radius 2 is 1.50 bits per heavy atom. The van der Waals surface area contributed by atoms with Crippen molar-refractivity contribution in [1.82, 2.24) is 4.90 Å². The molecule has 1 aliphatic rings. The number of esters is 1. The van der Waals surface area contributed by atoms with E-state index >= 15 is 0 Å². The normalized spacial score (nSPS) is 13.3. The molecule has 0 radical (unpaired) electrons. The Bertz CT molecular complexity index is 1090. The average molecular weight is 461 g/mol. The lowest BCUT2D eigenvalue weighted by Gasteiger charge is -2.36. The van der Waals surface area contributed by atoms with Gasteiger partial charge in [-0.05, 0) is 42.0 Å². The third-order valence-electron chi connectivity index (χ3n) is 5.74. The first kappa shape index (κ1) is 23.2. The molecule has 0 bridgehead atoms. The Labute approximate surface area is 199 Å². The van der Waals surface area contributed by atoms with Gasteiger partial charge in [-0.2, -0.15) is 0 Å². The van der Waals surface area contributed by atoms with Crippen LogP contribution in [0.3, 0.4) is 0 Å². The molecule has 176 valence electrons. The van der Waals surface area contributed by atoms with Gasteiger partial charge in [-0.1, -0.05) is 42.5 Å². The van der Waals surface area contributed by atoms with E-state index in [0.29, 0.717) is 44.1 Å². The summed E-state index contributed by atoms with van der Waals surface area (Å²) in [6, 6.07) is 24.5. The van der Waals surface area contributed by atoms with Crippen molar-refractivity contribution in [3.63, 3.8) is 0 Å². The molecule has 0 saturated carbocycles. The summed E-state index contributed by atoms with van der Waals surface area (Å²) in [6.07, 6.45) is 0. The number of rotatable bonds is 8. The molecule has 0 spiro atoms. The SMILES string of the molecule is COc1ccc(N2CCN(C(=O)COC(=O)c3ccccc3OCc3ccccc3)CC2)cc1. The van der Waals surface area contributed by atoms with E-state index < -0.39 is 5.97 Å². The summed E-state index contributed by atoms with van der Waals surface area (Å²) in [5.41, 5.74) is 2.39. The molecule has 34 heavy (non-hydrogen) atoms. The third-order valence-corrected chi connectivity index (χ3v) is 5.74.